The van der Waals surface area contributed by atoms with Crippen LogP contribution in [0.4, 0.5) is 0 Å². The maximum absolute atomic E-state index is 14.9. The molecule has 58 heavy (non-hydrogen) atoms. The Hall–Kier alpha value is -5.42. The Kier molecular flexibility index (Phi) is 9.11. The molecule has 7 aliphatic heterocycles. The number of esters is 2. The maximum Gasteiger partial charge on any atom is 0.332 e. The number of benzene rings is 3. The lowest BCUT2D eigenvalue weighted by atomic mass is 9.67. The fraction of sp³-hybridized carbons (Fsp3) is 0.476. The van der Waals surface area contributed by atoms with Gasteiger partial charge in [-0.15, -0.1) is 0 Å². The van der Waals surface area contributed by atoms with Crippen LogP contribution in [0.2, 0.25) is 0 Å². The van der Waals surface area contributed by atoms with Crippen LogP contribution in [0.3, 0.4) is 0 Å². The fourth-order valence-corrected chi connectivity index (χ4v) is 10.9. The molecule has 4 N–H and O–H groups in total. The van der Waals surface area contributed by atoms with E-state index in [1.807, 2.05) is 20.0 Å². The molecule has 7 heterocycles. The van der Waals surface area contributed by atoms with Gasteiger partial charge in [0, 0.05) is 54.4 Å². The number of ether oxygens (including phenoxy) is 6. The first-order valence-electron chi connectivity index (χ1n) is 19.4. The molecule has 306 valence electrons. The topological polar surface area (TPSA) is 195 Å². The lowest BCUT2D eigenvalue weighted by Gasteiger charge is -2.64. The van der Waals surface area contributed by atoms with Gasteiger partial charge in [-0.2, -0.15) is 0 Å². The van der Waals surface area contributed by atoms with Crippen LogP contribution in [-0.2, 0) is 42.3 Å². The number of carbonyl (C=O) groups excluding carboxylic acids is 4. The van der Waals surface area contributed by atoms with Crippen LogP contribution in [0.1, 0.15) is 69.6 Å². The lowest BCUT2D eigenvalue weighted by molar-refractivity contribution is -0.167. The number of piperazine rings is 1. The smallest absolute Gasteiger partial charge is 0.332 e. The van der Waals surface area contributed by atoms with E-state index in [0.29, 0.717) is 77.0 Å². The molecule has 16 heteroatoms. The number of aldehydes is 2. The van der Waals surface area contributed by atoms with Gasteiger partial charge in [0.25, 0.3) is 0 Å². The average Bonchev–Trinajstić information content (AvgIpc) is 3.69. The molecule has 0 saturated carbocycles. The summed E-state index contributed by atoms with van der Waals surface area (Å²) in [6.45, 7) is 4.85. The SMILES string of the molecule is COc1cc2c(cc1O)CCNC21CNC2c3c(OC(C)=O)c(C)c4c(c3C(COC1=O)N1C(C(C=O)C=O)C3Cc5cc(C)c(OC)c(O)c5C(C21)N3C)OCO4. The molecule has 4 bridgehead atoms. The van der Waals surface area contributed by atoms with Crippen molar-refractivity contribution in [3.05, 3.63) is 62.7 Å². The molecule has 7 aliphatic rings. The van der Waals surface area contributed by atoms with Crippen molar-refractivity contribution in [3.63, 3.8) is 0 Å². The van der Waals surface area contributed by atoms with Crippen molar-refractivity contribution in [2.75, 3.05) is 47.8 Å². The summed E-state index contributed by atoms with van der Waals surface area (Å²) in [5, 5.41) is 30.1. The summed E-state index contributed by atoms with van der Waals surface area (Å²) in [5.74, 6) is -0.893. The predicted octanol–water partition coefficient (Wildman–Crippen LogP) is 2.33. The number of aromatic hydroxyl groups is 2. The Morgan fingerprint density at radius 1 is 1.00 bits per heavy atom. The van der Waals surface area contributed by atoms with E-state index in [0.717, 1.165) is 16.7 Å². The number of carbonyl (C=O) groups is 4. The molecule has 0 aliphatic carbocycles. The monoisotopic (exact) mass is 798 g/mol. The van der Waals surface area contributed by atoms with Gasteiger partial charge in [-0.1, -0.05) is 6.07 Å². The number of aryl methyl sites for hydroxylation is 1. The summed E-state index contributed by atoms with van der Waals surface area (Å²) in [5.41, 5.74) is 3.60. The van der Waals surface area contributed by atoms with Gasteiger partial charge in [0.05, 0.1) is 44.3 Å². The Morgan fingerprint density at radius 3 is 2.47 bits per heavy atom. The van der Waals surface area contributed by atoms with E-state index in [-0.39, 0.29) is 42.9 Å². The first-order valence-corrected chi connectivity index (χ1v) is 19.4. The van der Waals surface area contributed by atoms with Gasteiger partial charge >= 0.3 is 11.9 Å². The van der Waals surface area contributed by atoms with E-state index in [2.05, 4.69) is 20.4 Å². The van der Waals surface area contributed by atoms with Crippen molar-refractivity contribution >= 4 is 24.5 Å². The van der Waals surface area contributed by atoms with Gasteiger partial charge < -0.3 is 53.5 Å². The fourth-order valence-electron chi connectivity index (χ4n) is 10.9. The van der Waals surface area contributed by atoms with Crippen molar-refractivity contribution in [2.24, 2.45) is 5.92 Å². The standard InChI is InChI=1S/C42H46N4O12/c1-18-9-22-10-25-33(23(13-47)14-48)46-26-15-55-41(52)42(24-12-28(53-5)27(50)11-21(24)7-8-44-42)16-43-32(35(46)34(45(25)4)29(22)36(51)37(18)54-6)31-30(26)40-39(56-17-57-40)19(2)38(31)58-20(3)49/h9,11-14,23,25-26,32-35,43-44,50-51H,7-8,10,15-17H2,1-6H3. The minimum Gasteiger partial charge on any atom is -0.504 e. The van der Waals surface area contributed by atoms with Crippen LogP contribution in [0.25, 0.3) is 0 Å². The highest BCUT2D eigenvalue weighted by Gasteiger charge is 2.62. The van der Waals surface area contributed by atoms with Gasteiger partial charge in [-0.3, -0.25) is 19.9 Å². The zero-order valence-electron chi connectivity index (χ0n) is 33.0. The third-order valence-corrected chi connectivity index (χ3v) is 13.2. The van der Waals surface area contributed by atoms with Crippen molar-refractivity contribution in [1.29, 1.82) is 0 Å². The minimum absolute atomic E-state index is 0.0264. The normalized spacial score (nSPS) is 28.2. The Bertz CT molecular complexity index is 2270. The van der Waals surface area contributed by atoms with E-state index in [1.54, 1.807) is 19.1 Å². The number of hydrogen-bond acceptors (Lipinski definition) is 16. The van der Waals surface area contributed by atoms with Gasteiger partial charge in [0.1, 0.15) is 24.9 Å². The lowest BCUT2D eigenvalue weighted by Crippen LogP contribution is -2.73. The Labute approximate surface area is 334 Å². The first-order chi connectivity index (χ1) is 27.9. The van der Waals surface area contributed by atoms with E-state index in [1.165, 1.54) is 21.1 Å². The van der Waals surface area contributed by atoms with E-state index >= 15 is 0 Å². The van der Waals surface area contributed by atoms with Crippen molar-refractivity contribution < 1.29 is 57.8 Å². The number of phenols is 2. The third kappa shape index (κ3) is 5.20. The van der Waals surface area contributed by atoms with Gasteiger partial charge in [-0.25, -0.2) is 4.79 Å². The number of methoxy groups -OCH3 is 2. The molecule has 2 fully saturated rings. The molecule has 0 radical (unpaired) electrons. The molecule has 10 rings (SSSR count). The van der Waals surface area contributed by atoms with Crippen LogP contribution in [0.5, 0.6) is 40.2 Å². The van der Waals surface area contributed by atoms with E-state index in [4.69, 9.17) is 28.4 Å². The number of hydrogen-bond donors (Lipinski definition) is 4. The minimum atomic E-state index is -1.49. The van der Waals surface area contributed by atoms with Crippen LogP contribution >= 0.6 is 0 Å². The van der Waals surface area contributed by atoms with Crippen molar-refractivity contribution in [2.45, 2.75) is 75.4 Å². The molecule has 1 spiro atoms. The Balaban J connectivity index is 1.36. The summed E-state index contributed by atoms with van der Waals surface area (Å²) in [4.78, 5) is 58.1. The summed E-state index contributed by atoms with van der Waals surface area (Å²) in [6.07, 6.45) is 2.21. The number of nitrogens with one attached hydrogen (secondary N) is 2. The summed E-state index contributed by atoms with van der Waals surface area (Å²) < 4.78 is 36.1. The molecular formula is C42H46N4O12. The van der Waals surface area contributed by atoms with Crippen LogP contribution < -0.4 is 34.3 Å². The van der Waals surface area contributed by atoms with Gasteiger partial charge in [-0.05, 0) is 68.1 Å². The Morgan fingerprint density at radius 2 is 1.76 bits per heavy atom. The van der Waals surface area contributed by atoms with Crippen LogP contribution in [0.15, 0.2) is 18.2 Å². The van der Waals surface area contributed by atoms with Gasteiger partial charge in [0.2, 0.25) is 6.79 Å². The molecule has 7 unspecified atom stereocenters. The van der Waals surface area contributed by atoms with Crippen molar-refractivity contribution in [3.8, 4) is 40.2 Å². The predicted molar refractivity (Wildman–Crippen MR) is 204 cm³/mol. The number of rotatable bonds is 6. The summed E-state index contributed by atoms with van der Waals surface area (Å²) in [6, 6.07) is 0.995. The third-order valence-electron chi connectivity index (χ3n) is 13.2. The molecule has 7 atom stereocenters. The quantitative estimate of drug-likeness (QED) is 0.123. The molecule has 3 aromatic rings. The second-order valence-corrected chi connectivity index (χ2v) is 16.0. The van der Waals surface area contributed by atoms with E-state index in [9.17, 15) is 29.4 Å². The maximum atomic E-state index is 14.9. The second kappa shape index (κ2) is 13.9. The molecule has 0 aromatic heterocycles. The summed E-state index contributed by atoms with van der Waals surface area (Å²) in [7, 11) is 4.86. The zero-order chi connectivity index (χ0) is 40.9. The first kappa shape index (κ1) is 38.1. The van der Waals surface area contributed by atoms with E-state index < -0.39 is 59.6 Å². The van der Waals surface area contributed by atoms with Gasteiger partial charge in [0.15, 0.2) is 40.0 Å². The van der Waals surface area contributed by atoms with Crippen molar-refractivity contribution in [1.82, 2.24) is 20.4 Å². The molecule has 3 aromatic carbocycles. The highest BCUT2D eigenvalue weighted by atomic mass is 16.7. The highest BCUT2D eigenvalue weighted by Crippen LogP contribution is 2.62. The van der Waals surface area contributed by atoms with Crippen LogP contribution in [0, 0.1) is 19.8 Å². The molecule has 2 saturated heterocycles. The number of nitrogens with zero attached hydrogens (tertiary/aromatic N) is 2. The number of phenolic OH excluding ortho intramolecular Hbond substituents is 2. The van der Waals surface area contributed by atoms with Crippen LogP contribution in [-0.4, -0.2) is 110 Å². The average molecular weight is 799 g/mol. The zero-order valence-corrected chi connectivity index (χ0v) is 33.0. The largest absolute Gasteiger partial charge is 0.504 e. The number of fused-ring (bicyclic) bond motifs is 9. The molecule has 16 nitrogen and oxygen atoms in total. The second-order valence-electron chi connectivity index (χ2n) is 16.0. The molecular weight excluding hydrogens is 752 g/mol. The molecule has 0 amide bonds. The summed E-state index contributed by atoms with van der Waals surface area (Å²) >= 11 is 0. The number of likely N-dealkylation sites (N-methyl/N-ethyl adjacent to an activating group) is 1. The highest BCUT2D eigenvalue weighted by molar-refractivity contribution is 5.85.